The normalized spacial score (nSPS) is 13.4. The average molecular weight is 470 g/mol. The van der Waals surface area contributed by atoms with Crippen molar-refractivity contribution in [3.63, 3.8) is 0 Å². The Morgan fingerprint density at radius 2 is 2.16 bits per heavy atom. The molecule has 0 bridgehead atoms. The lowest BCUT2D eigenvalue weighted by molar-refractivity contribution is -0.132. The second-order valence-corrected chi connectivity index (χ2v) is 9.89. The van der Waals surface area contributed by atoms with E-state index in [1.807, 2.05) is 24.4 Å². The lowest BCUT2D eigenvalue weighted by Crippen LogP contribution is -2.37. The topological polar surface area (TPSA) is 94.1 Å². The predicted octanol–water partition coefficient (Wildman–Crippen LogP) is 3.89. The largest absolute Gasteiger partial charge is 0.418 e. The van der Waals surface area contributed by atoms with E-state index in [1.165, 1.54) is 27.1 Å². The molecule has 1 aliphatic rings. The molecule has 4 heterocycles. The van der Waals surface area contributed by atoms with Gasteiger partial charge in [0, 0.05) is 11.4 Å². The lowest BCUT2D eigenvalue weighted by Gasteiger charge is -2.20. The van der Waals surface area contributed by atoms with Gasteiger partial charge in [0.05, 0.1) is 23.1 Å². The molecule has 1 aliphatic carbocycles. The van der Waals surface area contributed by atoms with Crippen LogP contribution in [-0.2, 0) is 30.7 Å². The summed E-state index contributed by atoms with van der Waals surface area (Å²) < 4.78 is 7.18. The van der Waals surface area contributed by atoms with E-state index >= 15 is 0 Å². The van der Waals surface area contributed by atoms with Crippen molar-refractivity contribution in [3.05, 3.63) is 50.5 Å². The first-order valence-electron chi connectivity index (χ1n) is 10.8. The third-order valence-corrected chi connectivity index (χ3v) is 7.68. The monoisotopic (exact) mass is 469 g/mol. The van der Waals surface area contributed by atoms with Crippen molar-refractivity contribution in [2.45, 2.75) is 52.1 Å². The number of fused-ring (bicyclic) bond motifs is 3. The number of thiophene rings is 2. The summed E-state index contributed by atoms with van der Waals surface area (Å²) in [5.74, 6) is 0.657. The van der Waals surface area contributed by atoms with Crippen LogP contribution >= 0.6 is 22.7 Å². The SMILES string of the molecule is CCCN(Cc1nnc(-c2cccs2)o1)C(=O)Cn1cnc2sc3c(c2c1=O)CCCC3. The van der Waals surface area contributed by atoms with Gasteiger partial charge in [-0.1, -0.05) is 13.0 Å². The molecule has 166 valence electrons. The van der Waals surface area contributed by atoms with Crippen LogP contribution in [0.25, 0.3) is 21.0 Å². The fourth-order valence-electron chi connectivity index (χ4n) is 4.08. The molecule has 0 radical (unpaired) electrons. The lowest BCUT2D eigenvalue weighted by atomic mass is 9.97. The zero-order chi connectivity index (χ0) is 22.1. The summed E-state index contributed by atoms with van der Waals surface area (Å²) in [6.45, 7) is 2.69. The molecule has 32 heavy (non-hydrogen) atoms. The molecule has 0 N–H and O–H groups in total. The number of aromatic nitrogens is 4. The summed E-state index contributed by atoms with van der Waals surface area (Å²) in [4.78, 5) is 35.4. The van der Waals surface area contributed by atoms with Crippen molar-refractivity contribution in [2.24, 2.45) is 0 Å². The van der Waals surface area contributed by atoms with Crippen molar-refractivity contribution in [1.82, 2.24) is 24.6 Å². The van der Waals surface area contributed by atoms with Gasteiger partial charge in [0.15, 0.2) is 0 Å². The number of rotatable bonds is 7. The number of hydrogen-bond acceptors (Lipinski definition) is 8. The Labute approximate surface area is 192 Å². The predicted molar refractivity (Wildman–Crippen MR) is 124 cm³/mol. The number of carbonyl (C=O) groups is 1. The van der Waals surface area contributed by atoms with Gasteiger partial charge in [-0.15, -0.1) is 32.9 Å². The third-order valence-electron chi connectivity index (χ3n) is 5.62. The van der Waals surface area contributed by atoms with E-state index in [-0.39, 0.29) is 24.6 Å². The Morgan fingerprint density at radius 3 is 2.97 bits per heavy atom. The number of hydrogen-bond donors (Lipinski definition) is 0. The third kappa shape index (κ3) is 4.00. The van der Waals surface area contributed by atoms with Gasteiger partial charge in [-0.2, -0.15) is 0 Å². The summed E-state index contributed by atoms with van der Waals surface area (Å²) in [5.41, 5.74) is 1.00. The molecule has 0 saturated carbocycles. The Kier molecular flexibility index (Phi) is 5.88. The van der Waals surface area contributed by atoms with Gasteiger partial charge in [-0.25, -0.2) is 4.98 Å². The fraction of sp³-hybridized carbons (Fsp3) is 0.409. The number of carbonyl (C=O) groups excluding carboxylic acids is 1. The fourth-order valence-corrected chi connectivity index (χ4v) is 5.95. The first-order chi connectivity index (χ1) is 15.6. The highest BCUT2D eigenvalue weighted by atomic mass is 32.1. The molecule has 4 aromatic rings. The zero-order valence-corrected chi connectivity index (χ0v) is 19.4. The smallest absolute Gasteiger partial charge is 0.262 e. The molecule has 8 nitrogen and oxygen atoms in total. The van der Waals surface area contributed by atoms with Crippen molar-refractivity contribution in [1.29, 1.82) is 0 Å². The van der Waals surface area contributed by atoms with Crippen LogP contribution in [-0.4, -0.2) is 37.1 Å². The van der Waals surface area contributed by atoms with E-state index in [0.717, 1.165) is 47.4 Å². The maximum atomic E-state index is 13.2. The molecule has 5 rings (SSSR count). The van der Waals surface area contributed by atoms with Crippen molar-refractivity contribution >= 4 is 38.8 Å². The van der Waals surface area contributed by atoms with Gasteiger partial charge < -0.3 is 9.32 Å². The van der Waals surface area contributed by atoms with Crippen LogP contribution in [0.15, 0.2) is 33.1 Å². The average Bonchev–Trinajstić information content (AvgIpc) is 3.54. The molecular formula is C22H23N5O3S2. The highest BCUT2D eigenvalue weighted by Gasteiger charge is 2.22. The van der Waals surface area contributed by atoms with Crippen LogP contribution in [0.1, 0.15) is 42.5 Å². The molecule has 1 amide bonds. The summed E-state index contributed by atoms with van der Waals surface area (Å²) in [6, 6.07) is 3.83. The molecule has 0 unspecified atom stereocenters. The van der Waals surface area contributed by atoms with E-state index in [4.69, 9.17) is 4.42 Å². The zero-order valence-electron chi connectivity index (χ0n) is 17.7. The Morgan fingerprint density at radius 1 is 1.28 bits per heavy atom. The number of amides is 1. The maximum absolute atomic E-state index is 13.2. The summed E-state index contributed by atoms with van der Waals surface area (Å²) in [7, 11) is 0. The minimum Gasteiger partial charge on any atom is -0.418 e. The van der Waals surface area contributed by atoms with E-state index in [9.17, 15) is 9.59 Å². The maximum Gasteiger partial charge on any atom is 0.262 e. The number of nitrogens with zero attached hydrogens (tertiary/aromatic N) is 5. The summed E-state index contributed by atoms with van der Waals surface area (Å²) in [6.07, 6.45) is 6.45. The van der Waals surface area contributed by atoms with Gasteiger partial charge >= 0.3 is 0 Å². The van der Waals surface area contributed by atoms with Crippen molar-refractivity contribution in [3.8, 4) is 10.8 Å². The van der Waals surface area contributed by atoms with Gasteiger partial charge in [0.2, 0.25) is 11.8 Å². The molecule has 0 spiro atoms. The Hall–Kier alpha value is -2.85. The van der Waals surface area contributed by atoms with E-state index in [2.05, 4.69) is 15.2 Å². The standard InChI is InChI=1S/C22H23N5O3S2/c1-2-9-26(11-17-24-25-20(30-17)16-8-5-10-31-16)18(28)12-27-13-23-21-19(22(27)29)14-6-3-4-7-15(14)32-21/h5,8,10,13H,2-4,6-7,9,11-12H2,1H3. The van der Waals surface area contributed by atoms with E-state index in [1.54, 1.807) is 16.2 Å². The van der Waals surface area contributed by atoms with Crippen LogP contribution in [0.2, 0.25) is 0 Å². The van der Waals surface area contributed by atoms with Crippen LogP contribution < -0.4 is 5.56 Å². The van der Waals surface area contributed by atoms with E-state index in [0.29, 0.717) is 23.7 Å². The molecule has 0 saturated heterocycles. The summed E-state index contributed by atoms with van der Waals surface area (Å²) in [5, 5.41) is 10.8. The molecule has 0 aromatic carbocycles. The highest BCUT2D eigenvalue weighted by Crippen LogP contribution is 2.33. The molecule has 0 atom stereocenters. The van der Waals surface area contributed by atoms with Crippen LogP contribution in [0.3, 0.4) is 0 Å². The van der Waals surface area contributed by atoms with Gasteiger partial charge in [0.25, 0.3) is 11.4 Å². The Balaban J connectivity index is 1.37. The number of aryl methyl sites for hydroxylation is 2. The van der Waals surface area contributed by atoms with Gasteiger partial charge in [-0.3, -0.25) is 14.2 Å². The van der Waals surface area contributed by atoms with Crippen LogP contribution in [0, 0.1) is 0 Å². The summed E-state index contributed by atoms with van der Waals surface area (Å²) >= 11 is 3.13. The van der Waals surface area contributed by atoms with E-state index < -0.39 is 0 Å². The molecule has 0 aliphatic heterocycles. The molecule has 10 heteroatoms. The molecular weight excluding hydrogens is 446 g/mol. The first-order valence-corrected chi connectivity index (χ1v) is 12.5. The highest BCUT2D eigenvalue weighted by molar-refractivity contribution is 7.18. The van der Waals surface area contributed by atoms with Gasteiger partial charge in [-0.05, 0) is 49.1 Å². The van der Waals surface area contributed by atoms with Crippen molar-refractivity contribution in [2.75, 3.05) is 6.54 Å². The second-order valence-electron chi connectivity index (χ2n) is 7.86. The molecule has 0 fully saturated rings. The minimum atomic E-state index is -0.171. The van der Waals surface area contributed by atoms with Crippen LogP contribution in [0.4, 0.5) is 0 Å². The quantitative estimate of drug-likeness (QED) is 0.408. The van der Waals surface area contributed by atoms with Crippen molar-refractivity contribution < 1.29 is 9.21 Å². The van der Waals surface area contributed by atoms with Crippen LogP contribution in [0.5, 0.6) is 0 Å². The molecule has 4 aromatic heterocycles. The minimum absolute atomic E-state index is 0.0572. The Bertz CT molecular complexity index is 1310. The van der Waals surface area contributed by atoms with Gasteiger partial charge in [0.1, 0.15) is 11.4 Å². The second kappa shape index (κ2) is 8.95. The first kappa shape index (κ1) is 21.0.